The van der Waals surface area contributed by atoms with Crippen LogP contribution in [0.4, 0.5) is 47.3 Å². The summed E-state index contributed by atoms with van der Waals surface area (Å²) in [7, 11) is 0. The van der Waals surface area contributed by atoms with Crippen molar-refractivity contribution in [3.05, 3.63) is 59.7 Å². The number of likely N-dealkylation sites (tertiary alicyclic amines) is 2. The van der Waals surface area contributed by atoms with Crippen LogP contribution in [0.3, 0.4) is 0 Å². The van der Waals surface area contributed by atoms with Gasteiger partial charge in [0.05, 0.1) is 11.8 Å². The minimum absolute atomic E-state index is 0.0677. The highest BCUT2D eigenvalue weighted by atomic mass is 19.4. The Morgan fingerprint density at radius 1 is 0.554 bits per heavy atom. The summed E-state index contributed by atoms with van der Waals surface area (Å²) in [6, 6.07) is 14.5. The van der Waals surface area contributed by atoms with Crippen LogP contribution in [0.2, 0.25) is 0 Å². The maximum atomic E-state index is 12.8. The Balaban J connectivity index is 0.000000214. The second-order valence-electron chi connectivity index (χ2n) is 16.9. The Labute approximate surface area is 323 Å². The number of halogens is 6. The second-order valence-corrected chi connectivity index (χ2v) is 16.9. The number of carbonyl (C=O) groups is 4. The Kier molecular flexibility index (Phi) is 12.3. The van der Waals surface area contributed by atoms with Gasteiger partial charge < -0.3 is 29.1 Å². The standard InChI is InChI=1S/2C20H25F3N2O3/c2*1-19(2,3)28-18(27)24-11-14(12-24)13-4-6-16(7-5-13)25-9-8-15(10-17(25)26)20(21,22)23/h2*4-7,14-15H,8-12H2,1-3H3/t15-;/m0./s1. The molecule has 0 N–H and O–H groups in total. The topological polar surface area (TPSA) is 99.7 Å². The first kappa shape index (κ1) is 42.6. The number of benzene rings is 2. The van der Waals surface area contributed by atoms with E-state index in [9.17, 15) is 45.5 Å². The van der Waals surface area contributed by atoms with Crippen LogP contribution in [-0.4, -0.2) is 96.6 Å². The van der Waals surface area contributed by atoms with Crippen molar-refractivity contribution in [2.45, 2.75) is 103 Å². The van der Waals surface area contributed by atoms with Crippen molar-refractivity contribution in [1.29, 1.82) is 0 Å². The molecule has 4 aliphatic heterocycles. The molecule has 2 aromatic rings. The van der Waals surface area contributed by atoms with Crippen LogP contribution in [0.25, 0.3) is 0 Å². The van der Waals surface area contributed by atoms with Gasteiger partial charge in [0.25, 0.3) is 0 Å². The molecule has 0 aliphatic carbocycles. The smallest absolute Gasteiger partial charge is 0.410 e. The zero-order valence-electron chi connectivity index (χ0n) is 32.5. The molecule has 0 radical (unpaired) electrons. The number of amides is 4. The van der Waals surface area contributed by atoms with E-state index in [0.29, 0.717) is 37.6 Å². The molecule has 4 aliphatic rings. The molecule has 16 heteroatoms. The molecule has 0 spiro atoms. The van der Waals surface area contributed by atoms with Gasteiger partial charge in [0.1, 0.15) is 11.2 Å². The third-order valence-electron chi connectivity index (χ3n) is 10.2. The lowest BCUT2D eigenvalue weighted by Crippen LogP contribution is -2.50. The Hall–Kier alpha value is -4.50. The summed E-state index contributed by atoms with van der Waals surface area (Å²) in [4.78, 5) is 54.4. The van der Waals surface area contributed by atoms with Gasteiger partial charge in [0.15, 0.2) is 0 Å². The van der Waals surface area contributed by atoms with Gasteiger partial charge in [-0.15, -0.1) is 0 Å². The van der Waals surface area contributed by atoms with Gasteiger partial charge in [0.2, 0.25) is 11.8 Å². The van der Waals surface area contributed by atoms with Gasteiger partial charge in [-0.25, -0.2) is 9.59 Å². The minimum Gasteiger partial charge on any atom is -0.444 e. The van der Waals surface area contributed by atoms with Crippen molar-refractivity contribution in [2.75, 3.05) is 49.1 Å². The number of hydrogen-bond donors (Lipinski definition) is 0. The fourth-order valence-electron chi connectivity index (χ4n) is 6.95. The molecule has 4 amide bonds. The first-order valence-corrected chi connectivity index (χ1v) is 18.8. The van der Waals surface area contributed by atoms with E-state index in [-0.39, 0.29) is 50.0 Å². The van der Waals surface area contributed by atoms with Crippen LogP contribution in [-0.2, 0) is 19.1 Å². The molecular weight excluding hydrogens is 746 g/mol. The van der Waals surface area contributed by atoms with E-state index in [1.165, 1.54) is 9.80 Å². The van der Waals surface area contributed by atoms with Crippen LogP contribution in [0, 0.1) is 11.8 Å². The van der Waals surface area contributed by atoms with Crippen molar-refractivity contribution in [3.8, 4) is 0 Å². The maximum absolute atomic E-state index is 12.8. The highest BCUT2D eigenvalue weighted by molar-refractivity contribution is 5.95. The molecule has 1 unspecified atom stereocenters. The third kappa shape index (κ3) is 10.9. The van der Waals surface area contributed by atoms with Crippen LogP contribution in [0.15, 0.2) is 48.5 Å². The van der Waals surface area contributed by atoms with Crippen LogP contribution in [0.1, 0.15) is 90.2 Å². The molecule has 0 aromatic heterocycles. The van der Waals surface area contributed by atoms with Crippen LogP contribution >= 0.6 is 0 Å². The SMILES string of the molecule is CC(C)(C)OC(=O)N1CC(c2ccc(N3CCC(C(F)(F)F)CC3=O)cc2)C1.CC(C)(C)OC(=O)N1CC(c2ccc(N3CC[C@H](C(F)(F)F)CC3=O)cc2)C1. The molecule has 4 heterocycles. The fourth-order valence-corrected chi connectivity index (χ4v) is 6.95. The maximum Gasteiger partial charge on any atom is 0.410 e. The number of alkyl halides is 6. The molecule has 0 bridgehead atoms. The quantitative estimate of drug-likeness (QED) is 0.288. The monoisotopic (exact) mass is 796 g/mol. The van der Waals surface area contributed by atoms with Gasteiger partial charge in [-0.2, -0.15) is 26.3 Å². The van der Waals surface area contributed by atoms with Gasteiger partial charge in [-0.1, -0.05) is 24.3 Å². The molecular formula is C40H50F6N4O6. The minimum atomic E-state index is -4.32. The lowest BCUT2D eigenvalue weighted by Gasteiger charge is -2.40. The number of ether oxygens (including phenoxy) is 2. The first-order chi connectivity index (χ1) is 25.9. The van der Waals surface area contributed by atoms with E-state index in [1.807, 2.05) is 65.8 Å². The molecule has 2 atom stereocenters. The summed E-state index contributed by atoms with van der Waals surface area (Å²) in [5, 5.41) is 0. The van der Waals surface area contributed by atoms with Crippen molar-refractivity contribution in [1.82, 2.24) is 9.80 Å². The third-order valence-corrected chi connectivity index (χ3v) is 10.2. The summed E-state index contributed by atoms with van der Waals surface area (Å²) in [5.41, 5.74) is 2.21. The van der Waals surface area contributed by atoms with Crippen molar-refractivity contribution in [2.24, 2.45) is 11.8 Å². The fraction of sp³-hybridized carbons (Fsp3) is 0.600. The Bertz CT molecular complexity index is 1600. The number of nitrogens with zero attached hydrogens (tertiary/aromatic N) is 4. The van der Waals surface area contributed by atoms with Crippen molar-refractivity contribution >= 4 is 35.4 Å². The summed E-state index contributed by atoms with van der Waals surface area (Å²) in [5.74, 6) is -3.72. The number of piperidine rings is 2. The Morgan fingerprint density at radius 2 is 0.857 bits per heavy atom. The van der Waals surface area contributed by atoms with E-state index in [2.05, 4.69) is 0 Å². The van der Waals surface area contributed by atoms with Crippen LogP contribution in [0.5, 0.6) is 0 Å². The van der Waals surface area contributed by atoms with E-state index in [4.69, 9.17) is 9.47 Å². The van der Waals surface area contributed by atoms with Gasteiger partial charge >= 0.3 is 24.5 Å². The van der Waals surface area contributed by atoms with E-state index >= 15 is 0 Å². The normalized spacial score (nSPS) is 21.5. The molecule has 4 fully saturated rings. The molecule has 10 nitrogen and oxygen atoms in total. The molecule has 308 valence electrons. The van der Waals surface area contributed by atoms with Crippen LogP contribution < -0.4 is 9.80 Å². The molecule has 0 saturated carbocycles. The molecule has 2 aromatic carbocycles. The van der Waals surface area contributed by atoms with Gasteiger partial charge in [-0.05, 0) is 89.8 Å². The number of carbonyl (C=O) groups excluding carboxylic acids is 4. The summed E-state index contributed by atoms with van der Waals surface area (Å²) >= 11 is 0. The predicted molar refractivity (Wildman–Crippen MR) is 196 cm³/mol. The molecule has 56 heavy (non-hydrogen) atoms. The highest BCUT2D eigenvalue weighted by Crippen LogP contribution is 2.38. The van der Waals surface area contributed by atoms with E-state index < -0.39 is 60.0 Å². The number of rotatable bonds is 4. The summed E-state index contributed by atoms with van der Waals surface area (Å²) in [6.07, 6.45) is -10.5. The molecule has 6 rings (SSSR count). The average Bonchev–Trinajstić information content (AvgIpc) is 3.02. The molecule has 4 saturated heterocycles. The average molecular weight is 797 g/mol. The summed E-state index contributed by atoms with van der Waals surface area (Å²) < 4.78 is 87.5. The zero-order valence-corrected chi connectivity index (χ0v) is 32.5. The van der Waals surface area contributed by atoms with Gasteiger partial charge in [0, 0.05) is 75.3 Å². The van der Waals surface area contributed by atoms with E-state index in [1.54, 1.807) is 34.1 Å². The largest absolute Gasteiger partial charge is 0.444 e. The van der Waals surface area contributed by atoms with Gasteiger partial charge in [-0.3, -0.25) is 9.59 Å². The lowest BCUT2D eigenvalue weighted by molar-refractivity contribution is -0.182. The number of hydrogen-bond acceptors (Lipinski definition) is 6. The van der Waals surface area contributed by atoms with E-state index in [0.717, 1.165) is 11.1 Å². The predicted octanol–water partition coefficient (Wildman–Crippen LogP) is 8.65. The summed E-state index contributed by atoms with van der Waals surface area (Å²) in [6.45, 7) is 13.3. The Morgan fingerprint density at radius 3 is 1.11 bits per heavy atom. The van der Waals surface area contributed by atoms with Crippen molar-refractivity contribution in [3.63, 3.8) is 0 Å². The van der Waals surface area contributed by atoms with Crippen molar-refractivity contribution < 1.29 is 55.0 Å². The second kappa shape index (κ2) is 16.2. The highest BCUT2D eigenvalue weighted by Gasteiger charge is 2.45. The zero-order chi connectivity index (χ0) is 41.4. The number of anilines is 2. The lowest BCUT2D eigenvalue weighted by atomic mass is 9.91. The first-order valence-electron chi connectivity index (χ1n) is 18.8.